The Hall–Kier alpha value is -1.09. The van der Waals surface area contributed by atoms with Crippen molar-refractivity contribution in [3.8, 4) is 0 Å². The largest absolute Gasteiger partial charge is 0.458 e. The molecule has 118 valence electrons. The Morgan fingerprint density at radius 1 is 1.33 bits per heavy atom. The Labute approximate surface area is 128 Å². The zero-order valence-corrected chi connectivity index (χ0v) is 13.8. The van der Waals surface area contributed by atoms with Crippen LogP contribution in [0, 0.1) is 16.7 Å². The van der Waals surface area contributed by atoms with Crippen LogP contribution in [0.5, 0.6) is 0 Å². The molecule has 2 aliphatic carbocycles. The van der Waals surface area contributed by atoms with Crippen LogP contribution in [-0.4, -0.2) is 25.3 Å². The fraction of sp³-hybridized carbons (Fsp3) is 0.722. The second-order valence-corrected chi connectivity index (χ2v) is 7.22. The Morgan fingerprint density at radius 2 is 2.05 bits per heavy atom. The maximum absolute atomic E-state index is 12.2. The van der Waals surface area contributed by atoms with Crippen molar-refractivity contribution in [2.24, 2.45) is 16.7 Å². The van der Waals surface area contributed by atoms with Gasteiger partial charge in [0.1, 0.15) is 6.10 Å². The lowest BCUT2D eigenvalue weighted by atomic mass is 9.70. The fourth-order valence-corrected chi connectivity index (χ4v) is 3.95. The molecule has 0 heterocycles. The molecule has 21 heavy (non-hydrogen) atoms. The molecule has 2 aliphatic rings. The van der Waals surface area contributed by atoms with Crippen molar-refractivity contribution in [2.75, 3.05) is 13.2 Å². The number of hydrogen-bond donors (Lipinski definition) is 0. The zero-order valence-electron chi connectivity index (χ0n) is 13.8. The molecule has 3 nitrogen and oxygen atoms in total. The lowest BCUT2D eigenvalue weighted by Gasteiger charge is -2.38. The smallest absolute Gasteiger partial charge is 0.333 e. The van der Waals surface area contributed by atoms with E-state index >= 15 is 0 Å². The molecule has 3 unspecified atom stereocenters. The van der Waals surface area contributed by atoms with Crippen LogP contribution < -0.4 is 0 Å². The van der Waals surface area contributed by atoms with Crippen LogP contribution in [0.15, 0.2) is 24.3 Å². The summed E-state index contributed by atoms with van der Waals surface area (Å²) in [7, 11) is 0. The third-order valence-corrected chi connectivity index (χ3v) is 6.03. The third-order valence-electron chi connectivity index (χ3n) is 6.03. The maximum atomic E-state index is 12.2. The van der Waals surface area contributed by atoms with Gasteiger partial charge in [0.25, 0.3) is 0 Å². The molecular formula is C18H28O3. The standard InChI is InChI=1S/C18H28O3/c1-6-10-20-11-8-13(2)16(19)21-15-12-14-7-9-18(15,5)17(14,3)4/h6,8,14-15H,1,7,9-12H2,2-5H3/b13-8+. The van der Waals surface area contributed by atoms with Gasteiger partial charge in [-0.05, 0) is 43.6 Å². The summed E-state index contributed by atoms with van der Waals surface area (Å²) in [4.78, 5) is 12.2. The normalized spacial score (nSPS) is 34.0. The number of fused-ring (bicyclic) bond motifs is 2. The summed E-state index contributed by atoms with van der Waals surface area (Å²) in [6, 6.07) is 0. The van der Waals surface area contributed by atoms with E-state index in [1.807, 2.05) is 0 Å². The molecule has 2 saturated carbocycles. The maximum Gasteiger partial charge on any atom is 0.333 e. The first kappa shape index (κ1) is 16.3. The first-order valence-corrected chi connectivity index (χ1v) is 7.89. The van der Waals surface area contributed by atoms with E-state index < -0.39 is 0 Å². The molecule has 0 N–H and O–H groups in total. The summed E-state index contributed by atoms with van der Waals surface area (Å²) < 4.78 is 11.1. The van der Waals surface area contributed by atoms with Crippen molar-refractivity contribution in [3.05, 3.63) is 24.3 Å². The highest BCUT2D eigenvalue weighted by molar-refractivity contribution is 5.87. The number of hydrogen-bond acceptors (Lipinski definition) is 3. The van der Waals surface area contributed by atoms with Crippen molar-refractivity contribution < 1.29 is 14.3 Å². The van der Waals surface area contributed by atoms with E-state index in [-0.39, 0.29) is 22.9 Å². The summed E-state index contributed by atoms with van der Waals surface area (Å²) in [6.45, 7) is 13.2. The van der Waals surface area contributed by atoms with E-state index in [0.717, 1.165) is 12.8 Å². The van der Waals surface area contributed by atoms with Gasteiger partial charge in [0, 0.05) is 11.0 Å². The average molecular weight is 292 g/mol. The van der Waals surface area contributed by atoms with E-state index in [1.165, 1.54) is 6.42 Å². The molecule has 0 aromatic rings. The first-order chi connectivity index (χ1) is 9.83. The van der Waals surface area contributed by atoms with Crippen molar-refractivity contribution in [2.45, 2.75) is 53.1 Å². The number of rotatable bonds is 6. The lowest BCUT2D eigenvalue weighted by Crippen LogP contribution is -2.38. The second kappa shape index (κ2) is 5.96. The summed E-state index contributed by atoms with van der Waals surface area (Å²) >= 11 is 0. The highest BCUT2D eigenvalue weighted by atomic mass is 16.5. The van der Waals surface area contributed by atoms with Gasteiger partial charge in [0.2, 0.25) is 0 Å². The highest BCUT2D eigenvalue weighted by Gasteiger charge is 2.62. The van der Waals surface area contributed by atoms with Crippen LogP contribution in [0.2, 0.25) is 0 Å². The van der Waals surface area contributed by atoms with E-state index in [4.69, 9.17) is 9.47 Å². The summed E-state index contributed by atoms with van der Waals surface area (Å²) in [5.74, 6) is 0.479. The highest BCUT2D eigenvalue weighted by Crippen LogP contribution is 2.66. The van der Waals surface area contributed by atoms with Crippen LogP contribution in [0.3, 0.4) is 0 Å². The van der Waals surface area contributed by atoms with Crippen LogP contribution in [-0.2, 0) is 14.3 Å². The average Bonchev–Trinajstić information content (AvgIpc) is 2.76. The van der Waals surface area contributed by atoms with Gasteiger partial charge in [0.15, 0.2) is 0 Å². The molecule has 0 aromatic carbocycles. The van der Waals surface area contributed by atoms with Gasteiger partial charge >= 0.3 is 5.97 Å². The quantitative estimate of drug-likeness (QED) is 0.322. The number of carbonyl (C=O) groups excluding carboxylic acids is 1. The van der Waals surface area contributed by atoms with E-state index in [1.54, 1.807) is 19.1 Å². The fourth-order valence-electron chi connectivity index (χ4n) is 3.95. The summed E-state index contributed by atoms with van der Waals surface area (Å²) in [5.41, 5.74) is 1.01. The molecule has 0 radical (unpaired) electrons. The Balaban J connectivity index is 1.94. The molecule has 0 aliphatic heterocycles. The van der Waals surface area contributed by atoms with Crippen LogP contribution in [0.4, 0.5) is 0 Å². The minimum absolute atomic E-state index is 0.0520. The molecule has 0 spiro atoms. The van der Waals surface area contributed by atoms with Crippen LogP contribution in [0.1, 0.15) is 47.0 Å². The Kier molecular flexibility index (Phi) is 4.62. The second-order valence-electron chi connectivity index (χ2n) is 7.22. The Bertz CT molecular complexity index is 449. The SMILES string of the molecule is C=CCOC/C=C(\C)C(=O)OC1CC2CCC1(C)C2(C)C. The van der Waals surface area contributed by atoms with Gasteiger partial charge in [-0.2, -0.15) is 0 Å². The number of esters is 1. The molecule has 0 amide bonds. The molecule has 0 aromatic heterocycles. The molecule has 2 bridgehead atoms. The number of carbonyl (C=O) groups is 1. The van der Waals surface area contributed by atoms with Crippen molar-refractivity contribution in [1.29, 1.82) is 0 Å². The Morgan fingerprint density at radius 3 is 2.57 bits per heavy atom. The predicted molar refractivity (Wildman–Crippen MR) is 83.9 cm³/mol. The monoisotopic (exact) mass is 292 g/mol. The van der Waals surface area contributed by atoms with Gasteiger partial charge in [-0.25, -0.2) is 4.79 Å². The van der Waals surface area contributed by atoms with E-state index in [0.29, 0.717) is 24.7 Å². The van der Waals surface area contributed by atoms with Gasteiger partial charge in [-0.1, -0.05) is 26.8 Å². The minimum atomic E-state index is -0.202. The third kappa shape index (κ3) is 2.80. The van der Waals surface area contributed by atoms with Gasteiger partial charge in [-0.15, -0.1) is 6.58 Å². The zero-order chi connectivity index (χ0) is 15.7. The molecule has 3 atom stereocenters. The van der Waals surface area contributed by atoms with Crippen LogP contribution in [0.25, 0.3) is 0 Å². The van der Waals surface area contributed by atoms with Crippen molar-refractivity contribution in [1.82, 2.24) is 0 Å². The van der Waals surface area contributed by atoms with Crippen molar-refractivity contribution >= 4 is 5.97 Å². The van der Waals surface area contributed by atoms with E-state index in [9.17, 15) is 4.79 Å². The molecule has 2 fully saturated rings. The predicted octanol–water partition coefficient (Wildman–Crippen LogP) is 3.89. The van der Waals surface area contributed by atoms with Gasteiger partial charge in [-0.3, -0.25) is 0 Å². The first-order valence-electron chi connectivity index (χ1n) is 7.89. The van der Waals surface area contributed by atoms with Gasteiger partial charge in [0.05, 0.1) is 13.2 Å². The molecule has 3 heteroatoms. The molecular weight excluding hydrogens is 264 g/mol. The van der Waals surface area contributed by atoms with E-state index in [2.05, 4.69) is 27.4 Å². The van der Waals surface area contributed by atoms with Gasteiger partial charge < -0.3 is 9.47 Å². The molecule has 0 saturated heterocycles. The summed E-state index contributed by atoms with van der Waals surface area (Å²) in [6.07, 6.45) is 6.97. The lowest BCUT2D eigenvalue weighted by molar-refractivity contribution is -0.152. The topological polar surface area (TPSA) is 35.5 Å². The van der Waals surface area contributed by atoms with Crippen molar-refractivity contribution in [3.63, 3.8) is 0 Å². The summed E-state index contributed by atoms with van der Waals surface area (Å²) in [5, 5.41) is 0. The number of ether oxygens (including phenoxy) is 2. The molecule has 2 rings (SSSR count). The minimum Gasteiger partial charge on any atom is -0.458 e. The van der Waals surface area contributed by atoms with Crippen LogP contribution >= 0.6 is 0 Å².